The number of benzene rings is 2. The molecule has 1 aliphatic rings. The summed E-state index contributed by atoms with van der Waals surface area (Å²) in [6, 6.07) is 9.60. The van der Waals surface area contributed by atoms with Crippen molar-refractivity contribution in [3.05, 3.63) is 54.1 Å². The molecule has 11 heteroatoms. The molecule has 0 spiro atoms. The van der Waals surface area contributed by atoms with Gasteiger partial charge in [0.2, 0.25) is 15.9 Å². The summed E-state index contributed by atoms with van der Waals surface area (Å²) in [5.74, 6) is -0.0806. The number of nitrogens with zero attached hydrogens (tertiary/aromatic N) is 1. The van der Waals surface area contributed by atoms with E-state index in [1.54, 1.807) is 12.1 Å². The van der Waals surface area contributed by atoms with Gasteiger partial charge in [0, 0.05) is 13.1 Å². The predicted octanol–water partition coefficient (Wildman–Crippen LogP) is 4.34. The smallest absolute Gasteiger partial charge is 0.370 e. The van der Waals surface area contributed by atoms with E-state index in [0.717, 1.165) is 49.8 Å². The highest BCUT2D eigenvalue weighted by molar-refractivity contribution is 7.98. The lowest BCUT2D eigenvalue weighted by Gasteiger charge is -2.23. The monoisotopic (exact) mass is 501 g/mol. The number of hydrogen-bond acceptors (Lipinski definition) is 5. The molecule has 2 aromatic rings. The Morgan fingerprint density at radius 1 is 1.12 bits per heavy atom. The second-order valence-electron chi connectivity index (χ2n) is 7.68. The van der Waals surface area contributed by atoms with Crippen molar-refractivity contribution in [2.75, 3.05) is 35.3 Å². The van der Waals surface area contributed by atoms with Crippen molar-refractivity contribution in [1.29, 1.82) is 0 Å². The predicted molar refractivity (Wildman–Crippen MR) is 125 cm³/mol. The first kappa shape index (κ1) is 25.4. The van der Waals surface area contributed by atoms with E-state index in [-0.39, 0.29) is 6.42 Å². The van der Waals surface area contributed by atoms with Gasteiger partial charge in [-0.1, -0.05) is 18.2 Å². The molecule has 1 aliphatic heterocycles. The van der Waals surface area contributed by atoms with Crippen LogP contribution >= 0.6 is 11.8 Å². The molecule has 1 atom stereocenters. The van der Waals surface area contributed by atoms with E-state index >= 15 is 0 Å². The summed E-state index contributed by atoms with van der Waals surface area (Å²) < 4.78 is 67.1. The quantitative estimate of drug-likeness (QED) is 0.534. The molecule has 0 saturated carbocycles. The van der Waals surface area contributed by atoms with Crippen molar-refractivity contribution in [3.8, 4) is 0 Å². The fourth-order valence-corrected chi connectivity index (χ4v) is 5.35. The van der Waals surface area contributed by atoms with Gasteiger partial charge in [0.25, 0.3) is 0 Å². The van der Waals surface area contributed by atoms with Gasteiger partial charge in [0.1, 0.15) is 6.04 Å². The molecule has 2 N–H and O–H groups in total. The number of amides is 1. The third kappa shape index (κ3) is 6.64. The van der Waals surface area contributed by atoms with Gasteiger partial charge in [-0.25, -0.2) is 8.42 Å². The summed E-state index contributed by atoms with van der Waals surface area (Å²) >= 11 is 1.43. The summed E-state index contributed by atoms with van der Waals surface area (Å²) in [5, 5.41) is 2.81. The molecule has 180 valence electrons. The summed E-state index contributed by atoms with van der Waals surface area (Å²) in [5.41, 5.74) is 0.347. The fourth-order valence-electron chi connectivity index (χ4n) is 3.61. The maximum absolute atomic E-state index is 13.1. The van der Waals surface area contributed by atoms with E-state index in [0.29, 0.717) is 17.5 Å². The Bertz CT molecular complexity index is 1070. The normalized spacial score (nSPS) is 15.5. The second-order valence-corrected chi connectivity index (χ2v) is 10.4. The zero-order chi connectivity index (χ0) is 24.1. The van der Waals surface area contributed by atoms with E-state index in [2.05, 4.69) is 14.9 Å². The van der Waals surface area contributed by atoms with Crippen molar-refractivity contribution < 1.29 is 26.4 Å². The van der Waals surface area contributed by atoms with Crippen LogP contribution in [-0.4, -0.2) is 45.5 Å². The lowest BCUT2D eigenvalue weighted by molar-refractivity contribution is -0.137. The molecule has 6 nitrogen and oxygen atoms in total. The lowest BCUT2D eigenvalue weighted by atomic mass is 10.2. The first-order chi connectivity index (χ1) is 15.6. The number of para-hydroxylation sites is 2. The minimum absolute atomic E-state index is 0.178. The van der Waals surface area contributed by atoms with Crippen LogP contribution in [0.1, 0.15) is 24.8 Å². The fraction of sp³-hybridized carbons (Fsp3) is 0.409. The van der Waals surface area contributed by atoms with Gasteiger partial charge in [-0.2, -0.15) is 29.7 Å². The van der Waals surface area contributed by atoms with Crippen LogP contribution in [-0.2, 0) is 21.0 Å². The van der Waals surface area contributed by atoms with Crippen molar-refractivity contribution in [2.45, 2.75) is 36.4 Å². The number of sulfonamides is 1. The zero-order valence-corrected chi connectivity index (χ0v) is 19.7. The number of carbonyl (C=O) groups excluding carboxylic acids is 1. The molecule has 1 saturated heterocycles. The van der Waals surface area contributed by atoms with Gasteiger partial charge >= 0.3 is 6.18 Å². The number of nitrogens with one attached hydrogen (secondary N) is 2. The van der Waals surface area contributed by atoms with Crippen molar-refractivity contribution in [2.24, 2.45) is 0 Å². The molecule has 0 bridgehead atoms. The SMILES string of the molecule is CSCC[C@@H](NS(=O)(=O)c1cccc(C(F)(F)F)c1)C(=O)Nc1ccccc1N1CCCC1. The molecule has 1 fully saturated rings. The number of carbonyl (C=O) groups is 1. The van der Waals surface area contributed by atoms with E-state index in [1.807, 2.05) is 18.4 Å². The summed E-state index contributed by atoms with van der Waals surface area (Å²) in [6.07, 6.45) is -0.582. The van der Waals surface area contributed by atoms with Crippen molar-refractivity contribution in [3.63, 3.8) is 0 Å². The lowest BCUT2D eigenvalue weighted by Crippen LogP contribution is -2.44. The van der Waals surface area contributed by atoms with Gasteiger partial charge < -0.3 is 10.2 Å². The summed E-state index contributed by atoms with van der Waals surface area (Å²) in [6.45, 7) is 1.73. The standard InChI is InChI=1S/C22H26F3N3O3S2/c1-32-14-11-19(27-33(30,31)17-8-6-7-16(15-17)22(23,24)25)21(29)26-18-9-2-3-10-20(18)28-12-4-5-13-28/h2-3,6-10,15,19,27H,4-5,11-14H2,1H3,(H,26,29)/t19-/m1/s1. The topological polar surface area (TPSA) is 78.5 Å². The van der Waals surface area contributed by atoms with Crippen LogP contribution in [0.15, 0.2) is 53.4 Å². The van der Waals surface area contributed by atoms with Gasteiger partial charge in [0.05, 0.1) is 21.8 Å². The third-order valence-corrected chi connectivity index (χ3v) is 7.42. The summed E-state index contributed by atoms with van der Waals surface area (Å²) in [4.78, 5) is 14.7. The van der Waals surface area contributed by atoms with Crippen LogP contribution in [0.2, 0.25) is 0 Å². The molecule has 0 aliphatic carbocycles. The Labute approximate surface area is 196 Å². The third-order valence-electron chi connectivity index (χ3n) is 5.30. The molecule has 0 unspecified atom stereocenters. The van der Waals surface area contributed by atoms with E-state index in [1.165, 1.54) is 11.8 Å². The van der Waals surface area contributed by atoms with E-state index < -0.39 is 38.6 Å². The van der Waals surface area contributed by atoms with Gasteiger partial charge in [-0.3, -0.25) is 4.79 Å². The van der Waals surface area contributed by atoms with Crippen LogP contribution in [0.4, 0.5) is 24.5 Å². The van der Waals surface area contributed by atoms with Crippen molar-refractivity contribution in [1.82, 2.24) is 4.72 Å². The van der Waals surface area contributed by atoms with Gasteiger partial charge in [-0.05, 0) is 61.6 Å². The zero-order valence-electron chi connectivity index (χ0n) is 18.1. The molecule has 0 radical (unpaired) electrons. The molecule has 0 aromatic heterocycles. The average Bonchev–Trinajstić information content (AvgIpc) is 3.31. The molecule has 2 aromatic carbocycles. The van der Waals surface area contributed by atoms with Crippen LogP contribution in [0.3, 0.4) is 0 Å². The van der Waals surface area contributed by atoms with Crippen LogP contribution in [0, 0.1) is 0 Å². The Morgan fingerprint density at radius 3 is 2.48 bits per heavy atom. The first-order valence-electron chi connectivity index (χ1n) is 10.4. The van der Waals surface area contributed by atoms with Crippen molar-refractivity contribution >= 4 is 39.1 Å². The second kappa shape index (κ2) is 10.8. The molecular formula is C22H26F3N3O3S2. The molecule has 33 heavy (non-hydrogen) atoms. The minimum Gasteiger partial charge on any atom is -0.370 e. The largest absolute Gasteiger partial charge is 0.416 e. The van der Waals surface area contributed by atoms with Crippen LogP contribution in [0.5, 0.6) is 0 Å². The maximum atomic E-state index is 13.1. The Balaban J connectivity index is 1.82. The summed E-state index contributed by atoms with van der Waals surface area (Å²) in [7, 11) is -4.37. The van der Waals surface area contributed by atoms with Gasteiger partial charge in [-0.15, -0.1) is 0 Å². The number of anilines is 2. The van der Waals surface area contributed by atoms with E-state index in [9.17, 15) is 26.4 Å². The Kier molecular flexibility index (Phi) is 8.30. The Hall–Kier alpha value is -2.24. The molecule has 1 amide bonds. The Morgan fingerprint density at radius 2 is 1.82 bits per heavy atom. The molecule has 3 rings (SSSR count). The number of alkyl halides is 3. The number of halogens is 3. The minimum atomic E-state index is -4.68. The number of rotatable bonds is 9. The average molecular weight is 502 g/mol. The van der Waals surface area contributed by atoms with Crippen LogP contribution < -0.4 is 14.9 Å². The molecule has 1 heterocycles. The van der Waals surface area contributed by atoms with E-state index in [4.69, 9.17) is 0 Å². The highest BCUT2D eigenvalue weighted by Crippen LogP contribution is 2.31. The molecular weight excluding hydrogens is 475 g/mol. The maximum Gasteiger partial charge on any atom is 0.416 e. The number of thioether (sulfide) groups is 1. The van der Waals surface area contributed by atoms with Gasteiger partial charge in [0.15, 0.2) is 0 Å². The number of hydrogen-bond donors (Lipinski definition) is 2. The highest BCUT2D eigenvalue weighted by atomic mass is 32.2. The highest BCUT2D eigenvalue weighted by Gasteiger charge is 2.33. The first-order valence-corrected chi connectivity index (χ1v) is 13.3. The van der Waals surface area contributed by atoms with Crippen LogP contribution in [0.25, 0.3) is 0 Å².